The highest BCUT2D eigenvalue weighted by Gasteiger charge is 2.07. The number of benzene rings is 2. The fourth-order valence-corrected chi connectivity index (χ4v) is 1.85. The lowest BCUT2D eigenvalue weighted by Gasteiger charge is -2.07. The molecule has 0 atom stereocenters. The first kappa shape index (κ1) is 13.9. The van der Waals surface area contributed by atoms with E-state index in [4.69, 9.17) is 10.3 Å². The molecule has 4 nitrogen and oxygen atoms in total. The van der Waals surface area contributed by atoms with Gasteiger partial charge in [0.1, 0.15) is 5.75 Å². The standard InChI is InChI=1S/C16H15N2O2/c1-12-6-9-14(10-7-12)20-16(19)11-8-13-4-2-3-5-15(13)18-17/h2-7,9-10H,8,11H2,1H3/q-1. The minimum atomic E-state index is -0.304. The molecule has 2 aromatic carbocycles. The van der Waals surface area contributed by atoms with Crippen LogP contribution in [0.3, 0.4) is 0 Å². The van der Waals surface area contributed by atoms with Crippen LogP contribution in [0.2, 0.25) is 0 Å². The third kappa shape index (κ3) is 3.75. The quantitative estimate of drug-likeness (QED) is 0.463. The second kappa shape index (κ2) is 6.61. The second-order valence-electron chi connectivity index (χ2n) is 4.52. The molecule has 102 valence electrons. The molecule has 4 heteroatoms. The van der Waals surface area contributed by atoms with Gasteiger partial charge in [-0.2, -0.15) is 0 Å². The summed E-state index contributed by atoms with van der Waals surface area (Å²) in [6.07, 6.45) is 0.714. The van der Waals surface area contributed by atoms with Crippen molar-refractivity contribution in [3.63, 3.8) is 0 Å². The summed E-state index contributed by atoms with van der Waals surface area (Å²) in [5.74, 6) is 0.238. The highest BCUT2D eigenvalue weighted by molar-refractivity contribution is 5.73. The highest BCUT2D eigenvalue weighted by Crippen LogP contribution is 2.20. The van der Waals surface area contributed by atoms with Gasteiger partial charge in [0.05, 0.1) is 6.42 Å². The number of hydrogen-bond acceptors (Lipinski definition) is 3. The smallest absolute Gasteiger partial charge is 0.311 e. The summed E-state index contributed by atoms with van der Waals surface area (Å²) in [4.78, 5) is 11.8. The minimum Gasteiger partial charge on any atom is -0.706 e. The number of ether oxygens (including phenoxy) is 1. The number of rotatable bonds is 5. The Labute approximate surface area is 117 Å². The topological polar surface area (TPSA) is 61.0 Å². The Balaban J connectivity index is 1.92. The number of hydrogen-bond donors (Lipinski definition) is 0. The van der Waals surface area contributed by atoms with Crippen LogP contribution in [0.15, 0.2) is 53.6 Å². The predicted molar refractivity (Wildman–Crippen MR) is 77.0 cm³/mol. The fourth-order valence-electron chi connectivity index (χ4n) is 1.85. The second-order valence-corrected chi connectivity index (χ2v) is 4.52. The first-order valence-electron chi connectivity index (χ1n) is 6.39. The van der Waals surface area contributed by atoms with Gasteiger partial charge in [0.2, 0.25) is 0 Å². The zero-order chi connectivity index (χ0) is 14.4. The van der Waals surface area contributed by atoms with E-state index in [1.165, 1.54) is 0 Å². The molecule has 0 heterocycles. The minimum absolute atomic E-state index is 0.237. The van der Waals surface area contributed by atoms with Gasteiger partial charge in [-0.05, 0) is 37.1 Å². The van der Waals surface area contributed by atoms with E-state index in [9.17, 15) is 4.79 Å². The molecule has 20 heavy (non-hydrogen) atoms. The van der Waals surface area contributed by atoms with Crippen molar-refractivity contribution in [3.8, 4) is 5.75 Å². The van der Waals surface area contributed by atoms with Crippen LogP contribution in [0.5, 0.6) is 5.75 Å². The molecule has 2 rings (SSSR count). The largest absolute Gasteiger partial charge is 0.706 e. The molecular weight excluding hydrogens is 252 g/mol. The van der Waals surface area contributed by atoms with Gasteiger partial charge in [-0.25, -0.2) is 0 Å². The van der Waals surface area contributed by atoms with E-state index in [0.717, 1.165) is 11.1 Å². The average molecular weight is 267 g/mol. The van der Waals surface area contributed by atoms with Gasteiger partial charge < -0.3 is 15.4 Å². The average Bonchev–Trinajstić information content (AvgIpc) is 2.48. The van der Waals surface area contributed by atoms with Crippen LogP contribution in [-0.4, -0.2) is 5.97 Å². The molecule has 0 aliphatic heterocycles. The summed E-state index contributed by atoms with van der Waals surface area (Å²) in [6.45, 7) is 1.97. The highest BCUT2D eigenvalue weighted by atomic mass is 16.5. The van der Waals surface area contributed by atoms with Gasteiger partial charge in [-0.1, -0.05) is 35.9 Å². The number of nitrogens with zero attached hydrogens (tertiary/aromatic N) is 2. The monoisotopic (exact) mass is 267 g/mol. The lowest BCUT2D eigenvalue weighted by molar-refractivity contribution is -0.134. The molecule has 0 radical (unpaired) electrons. The summed E-state index contributed by atoms with van der Waals surface area (Å²) in [5.41, 5.74) is 11.3. The summed E-state index contributed by atoms with van der Waals surface area (Å²) in [5, 5.41) is 3.19. The molecule has 0 amide bonds. The normalized spacial score (nSPS) is 10.1. The lowest BCUT2D eigenvalue weighted by atomic mass is 10.1. The molecule has 0 aliphatic carbocycles. The molecule has 0 aromatic heterocycles. The van der Waals surface area contributed by atoms with Gasteiger partial charge in [-0.15, -0.1) is 0 Å². The molecule has 0 bridgehead atoms. The Kier molecular flexibility index (Phi) is 4.60. The van der Waals surface area contributed by atoms with Gasteiger partial charge in [0.25, 0.3) is 0 Å². The predicted octanol–water partition coefficient (Wildman–Crippen LogP) is 4.19. The first-order valence-corrected chi connectivity index (χ1v) is 6.39. The van der Waals surface area contributed by atoms with Crippen LogP contribution in [-0.2, 0) is 11.2 Å². The van der Waals surface area contributed by atoms with Crippen molar-refractivity contribution in [1.82, 2.24) is 0 Å². The molecule has 0 spiro atoms. The summed E-state index contributed by atoms with van der Waals surface area (Å²) in [6, 6.07) is 14.5. The van der Waals surface area contributed by atoms with E-state index in [0.29, 0.717) is 17.9 Å². The molecule has 0 fully saturated rings. The zero-order valence-corrected chi connectivity index (χ0v) is 11.2. The van der Waals surface area contributed by atoms with Gasteiger partial charge in [-0.3, -0.25) is 4.79 Å². The number of aryl methyl sites for hydroxylation is 2. The third-order valence-electron chi connectivity index (χ3n) is 2.95. The number of carbonyl (C=O) groups is 1. The van der Waals surface area contributed by atoms with Crippen molar-refractivity contribution in [1.29, 1.82) is 0 Å². The van der Waals surface area contributed by atoms with E-state index in [1.807, 2.05) is 31.2 Å². The van der Waals surface area contributed by atoms with Crippen LogP contribution in [0.4, 0.5) is 5.69 Å². The summed E-state index contributed by atoms with van der Waals surface area (Å²) >= 11 is 0. The van der Waals surface area contributed by atoms with Crippen LogP contribution in [0, 0.1) is 6.92 Å². The molecule has 0 N–H and O–H groups in total. The van der Waals surface area contributed by atoms with Gasteiger partial charge in [0, 0.05) is 5.69 Å². The lowest BCUT2D eigenvalue weighted by Crippen LogP contribution is -2.09. The molecule has 0 unspecified atom stereocenters. The fraction of sp³-hybridized carbons (Fsp3) is 0.188. The Morgan fingerprint density at radius 1 is 1.15 bits per heavy atom. The SMILES string of the molecule is Cc1ccc(OC(=O)CCc2ccccc2N=[N-])cc1. The van der Waals surface area contributed by atoms with Crippen LogP contribution < -0.4 is 4.74 Å². The molecule has 2 aromatic rings. The summed E-state index contributed by atoms with van der Waals surface area (Å²) < 4.78 is 5.23. The van der Waals surface area contributed by atoms with Crippen molar-refractivity contribution >= 4 is 11.7 Å². The number of carbonyl (C=O) groups excluding carboxylic acids is 1. The van der Waals surface area contributed by atoms with E-state index in [1.54, 1.807) is 24.3 Å². The van der Waals surface area contributed by atoms with Crippen molar-refractivity contribution < 1.29 is 9.53 Å². The third-order valence-corrected chi connectivity index (χ3v) is 2.95. The van der Waals surface area contributed by atoms with E-state index in [2.05, 4.69) is 5.11 Å². The Morgan fingerprint density at radius 2 is 1.85 bits per heavy atom. The maximum absolute atomic E-state index is 11.8. The molecule has 0 saturated carbocycles. The van der Waals surface area contributed by atoms with Crippen molar-refractivity contribution in [2.24, 2.45) is 5.11 Å². The van der Waals surface area contributed by atoms with Gasteiger partial charge in [0.15, 0.2) is 0 Å². The van der Waals surface area contributed by atoms with E-state index >= 15 is 0 Å². The van der Waals surface area contributed by atoms with Crippen LogP contribution >= 0.6 is 0 Å². The summed E-state index contributed by atoms with van der Waals surface area (Å²) in [7, 11) is 0. The maximum atomic E-state index is 11.8. The van der Waals surface area contributed by atoms with E-state index in [-0.39, 0.29) is 12.4 Å². The molecular formula is C16H15N2O2-. The maximum Gasteiger partial charge on any atom is 0.311 e. The van der Waals surface area contributed by atoms with Crippen LogP contribution in [0.25, 0.3) is 5.53 Å². The Bertz CT molecular complexity index is 606. The van der Waals surface area contributed by atoms with Crippen LogP contribution in [0.1, 0.15) is 17.5 Å². The van der Waals surface area contributed by atoms with Gasteiger partial charge >= 0.3 is 5.97 Å². The zero-order valence-electron chi connectivity index (χ0n) is 11.2. The number of esters is 1. The Hall–Kier alpha value is -2.49. The van der Waals surface area contributed by atoms with Crippen molar-refractivity contribution in [3.05, 3.63) is 65.2 Å². The Morgan fingerprint density at radius 3 is 2.55 bits per heavy atom. The first-order chi connectivity index (χ1) is 9.69. The van der Waals surface area contributed by atoms with Crippen molar-refractivity contribution in [2.75, 3.05) is 0 Å². The van der Waals surface area contributed by atoms with Crippen molar-refractivity contribution in [2.45, 2.75) is 19.8 Å². The molecule has 0 aliphatic rings. The molecule has 0 saturated heterocycles. The van der Waals surface area contributed by atoms with E-state index < -0.39 is 0 Å².